The molecule has 0 aromatic heterocycles. The molecule has 102 valence electrons. The maximum atomic E-state index is 12.3. The van der Waals surface area contributed by atoms with Gasteiger partial charge in [0.05, 0.1) is 5.56 Å². The number of carbonyl (C=O) groups is 1. The number of benzene rings is 1. The van der Waals surface area contributed by atoms with Crippen molar-refractivity contribution in [2.75, 3.05) is 18.9 Å². The molecule has 0 atom stereocenters. The molecule has 0 radical (unpaired) electrons. The first-order chi connectivity index (χ1) is 9.29. The molecule has 0 unspecified atom stereocenters. The van der Waals surface area contributed by atoms with E-state index in [-0.39, 0.29) is 5.91 Å². The van der Waals surface area contributed by atoms with Crippen LogP contribution in [0.4, 0.5) is 5.69 Å². The van der Waals surface area contributed by atoms with Crippen LogP contribution in [0.3, 0.4) is 0 Å². The van der Waals surface area contributed by atoms with Crippen LogP contribution in [0.25, 0.3) is 0 Å². The van der Waals surface area contributed by atoms with E-state index in [9.17, 15) is 4.79 Å². The highest BCUT2D eigenvalue weighted by atomic mass is 16.1. The van der Waals surface area contributed by atoms with E-state index < -0.39 is 0 Å². The van der Waals surface area contributed by atoms with Crippen molar-refractivity contribution in [1.29, 1.82) is 0 Å². The molecule has 2 fully saturated rings. The molecule has 0 saturated heterocycles. The summed E-state index contributed by atoms with van der Waals surface area (Å²) in [5.74, 6) is 2.54. The molecule has 0 aliphatic heterocycles. The lowest BCUT2D eigenvalue weighted by atomic mass is 9.98. The number of carbonyl (C=O) groups excluding carboxylic acids is 1. The van der Waals surface area contributed by atoms with Crippen LogP contribution in [0.15, 0.2) is 24.3 Å². The lowest BCUT2D eigenvalue weighted by molar-refractivity contribution is 0.0944. The van der Waals surface area contributed by atoms with E-state index in [1.165, 1.54) is 25.7 Å². The molecule has 2 saturated carbocycles. The first-order valence-corrected chi connectivity index (χ1v) is 7.34. The zero-order valence-corrected chi connectivity index (χ0v) is 11.5. The molecule has 0 spiro atoms. The lowest BCUT2D eigenvalue weighted by Gasteiger charge is -2.17. The van der Waals surface area contributed by atoms with E-state index >= 15 is 0 Å². The molecule has 1 amide bonds. The van der Waals surface area contributed by atoms with Gasteiger partial charge in [-0.2, -0.15) is 0 Å². The van der Waals surface area contributed by atoms with Crippen molar-refractivity contribution in [2.45, 2.75) is 25.7 Å². The molecule has 2 aliphatic rings. The van der Waals surface area contributed by atoms with E-state index in [1.54, 1.807) is 0 Å². The van der Waals surface area contributed by atoms with Crippen LogP contribution in [0.5, 0.6) is 0 Å². The molecule has 0 bridgehead atoms. The van der Waals surface area contributed by atoms with Crippen molar-refractivity contribution in [2.24, 2.45) is 17.8 Å². The fraction of sp³-hybridized carbons (Fsp3) is 0.562. The van der Waals surface area contributed by atoms with Crippen LogP contribution < -0.4 is 10.6 Å². The van der Waals surface area contributed by atoms with E-state index in [1.807, 2.05) is 31.3 Å². The first kappa shape index (κ1) is 12.5. The van der Waals surface area contributed by atoms with E-state index in [4.69, 9.17) is 0 Å². The fourth-order valence-electron chi connectivity index (χ4n) is 2.97. The minimum atomic E-state index is 0.0521. The van der Waals surface area contributed by atoms with Gasteiger partial charge in [-0.15, -0.1) is 0 Å². The third-order valence-electron chi connectivity index (χ3n) is 4.39. The molecule has 3 heteroatoms. The van der Waals surface area contributed by atoms with Crippen LogP contribution >= 0.6 is 0 Å². The van der Waals surface area contributed by atoms with Gasteiger partial charge in [-0.3, -0.25) is 4.79 Å². The second kappa shape index (κ2) is 5.24. The summed E-state index contributed by atoms with van der Waals surface area (Å²) in [6.45, 7) is 0.853. The Bertz CT molecular complexity index is 452. The summed E-state index contributed by atoms with van der Waals surface area (Å²) in [6, 6.07) is 7.67. The highest BCUT2D eigenvalue weighted by Crippen LogP contribution is 2.48. The summed E-state index contributed by atoms with van der Waals surface area (Å²) in [4.78, 5) is 12.3. The summed E-state index contributed by atoms with van der Waals surface area (Å²) < 4.78 is 0. The maximum absolute atomic E-state index is 12.3. The smallest absolute Gasteiger partial charge is 0.253 e. The molecular formula is C16H22N2O. The zero-order chi connectivity index (χ0) is 13.2. The largest absolute Gasteiger partial charge is 0.387 e. The zero-order valence-electron chi connectivity index (χ0n) is 11.5. The Morgan fingerprint density at radius 3 is 2.42 bits per heavy atom. The second-order valence-corrected chi connectivity index (χ2v) is 5.84. The van der Waals surface area contributed by atoms with Crippen LogP contribution in [0.1, 0.15) is 36.0 Å². The van der Waals surface area contributed by atoms with E-state index in [2.05, 4.69) is 10.6 Å². The SMILES string of the molecule is CNc1ccccc1C(=O)NCC(C1CC1)C1CC1. The Kier molecular flexibility index (Phi) is 3.45. The van der Waals surface area contributed by atoms with Crippen molar-refractivity contribution in [3.63, 3.8) is 0 Å². The molecule has 2 aliphatic carbocycles. The molecule has 1 aromatic carbocycles. The highest BCUT2D eigenvalue weighted by molar-refractivity contribution is 5.99. The molecule has 19 heavy (non-hydrogen) atoms. The quantitative estimate of drug-likeness (QED) is 0.823. The Morgan fingerprint density at radius 1 is 1.21 bits per heavy atom. The number of amides is 1. The number of anilines is 1. The molecule has 2 N–H and O–H groups in total. The third-order valence-corrected chi connectivity index (χ3v) is 4.39. The number of nitrogens with one attached hydrogen (secondary N) is 2. The van der Waals surface area contributed by atoms with Gasteiger partial charge in [0, 0.05) is 19.3 Å². The average Bonchev–Trinajstić information content (AvgIpc) is 3.31. The van der Waals surface area contributed by atoms with Crippen molar-refractivity contribution in [1.82, 2.24) is 5.32 Å². The fourth-order valence-corrected chi connectivity index (χ4v) is 2.97. The maximum Gasteiger partial charge on any atom is 0.253 e. The Hall–Kier alpha value is -1.51. The van der Waals surface area contributed by atoms with Crippen molar-refractivity contribution in [3.05, 3.63) is 29.8 Å². The van der Waals surface area contributed by atoms with Crippen molar-refractivity contribution in [3.8, 4) is 0 Å². The average molecular weight is 258 g/mol. The predicted molar refractivity (Wildman–Crippen MR) is 77.3 cm³/mol. The highest BCUT2D eigenvalue weighted by Gasteiger charge is 2.41. The van der Waals surface area contributed by atoms with Crippen molar-refractivity contribution < 1.29 is 4.79 Å². The lowest BCUT2D eigenvalue weighted by Crippen LogP contribution is -2.31. The van der Waals surface area contributed by atoms with Crippen LogP contribution in [0, 0.1) is 17.8 Å². The van der Waals surface area contributed by atoms with Crippen LogP contribution in [0.2, 0.25) is 0 Å². The van der Waals surface area contributed by atoms with Crippen LogP contribution in [-0.4, -0.2) is 19.5 Å². The Labute approximate surface area is 114 Å². The van der Waals surface area contributed by atoms with Gasteiger partial charge in [-0.25, -0.2) is 0 Å². The second-order valence-electron chi connectivity index (χ2n) is 5.84. The topological polar surface area (TPSA) is 41.1 Å². The summed E-state index contributed by atoms with van der Waals surface area (Å²) in [7, 11) is 1.85. The number of rotatable bonds is 6. The van der Waals surface area contributed by atoms with Gasteiger partial charge in [-0.05, 0) is 55.6 Å². The molecule has 0 heterocycles. The summed E-state index contributed by atoms with van der Waals surface area (Å²) in [6.07, 6.45) is 5.46. The standard InChI is InChI=1S/C16H22N2O/c1-17-15-5-3-2-4-13(15)16(19)18-10-14(11-6-7-11)12-8-9-12/h2-5,11-12,14,17H,6-10H2,1H3,(H,18,19). The Balaban J connectivity index is 1.61. The number of hydrogen-bond acceptors (Lipinski definition) is 2. The first-order valence-electron chi connectivity index (χ1n) is 7.34. The monoisotopic (exact) mass is 258 g/mol. The van der Waals surface area contributed by atoms with E-state index in [0.29, 0.717) is 0 Å². The summed E-state index contributed by atoms with van der Waals surface area (Å²) >= 11 is 0. The van der Waals surface area contributed by atoms with Gasteiger partial charge in [-0.1, -0.05) is 12.1 Å². The minimum absolute atomic E-state index is 0.0521. The summed E-state index contributed by atoms with van der Waals surface area (Å²) in [5, 5.41) is 6.21. The van der Waals surface area contributed by atoms with Crippen molar-refractivity contribution >= 4 is 11.6 Å². The number of hydrogen-bond donors (Lipinski definition) is 2. The van der Waals surface area contributed by atoms with Gasteiger partial charge in [0.1, 0.15) is 0 Å². The minimum Gasteiger partial charge on any atom is -0.387 e. The third kappa shape index (κ3) is 2.91. The van der Waals surface area contributed by atoms with Crippen LogP contribution in [-0.2, 0) is 0 Å². The molecule has 3 rings (SSSR count). The summed E-state index contributed by atoms with van der Waals surface area (Å²) in [5.41, 5.74) is 1.64. The normalized spacial score (nSPS) is 18.4. The van der Waals surface area contributed by atoms with Gasteiger partial charge in [0.25, 0.3) is 5.91 Å². The molecule has 3 nitrogen and oxygen atoms in total. The Morgan fingerprint density at radius 2 is 1.84 bits per heavy atom. The molecule has 1 aromatic rings. The number of para-hydroxylation sites is 1. The van der Waals surface area contributed by atoms with Gasteiger partial charge >= 0.3 is 0 Å². The predicted octanol–water partition coefficient (Wildman–Crippen LogP) is 2.89. The van der Waals surface area contributed by atoms with Gasteiger partial charge in [0.15, 0.2) is 0 Å². The van der Waals surface area contributed by atoms with Gasteiger partial charge < -0.3 is 10.6 Å². The van der Waals surface area contributed by atoms with E-state index in [0.717, 1.165) is 35.5 Å². The van der Waals surface area contributed by atoms with Gasteiger partial charge in [0.2, 0.25) is 0 Å². The molecular weight excluding hydrogens is 236 g/mol.